The summed E-state index contributed by atoms with van der Waals surface area (Å²) in [5.74, 6) is 2.40. The summed E-state index contributed by atoms with van der Waals surface area (Å²) in [7, 11) is 3.30. The van der Waals surface area contributed by atoms with E-state index in [2.05, 4.69) is 56.5 Å². The first-order chi connectivity index (χ1) is 17.2. The van der Waals surface area contributed by atoms with E-state index in [1.54, 1.807) is 25.6 Å². The number of fused-ring (bicyclic) bond motifs is 1. The summed E-state index contributed by atoms with van der Waals surface area (Å²) in [6.45, 7) is 6.72. The molecule has 2 aromatic carbocycles. The van der Waals surface area contributed by atoms with Gasteiger partial charge in [0, 0.05) is 32.7 Å². The van der Waals surface area contributed by atoms with E-state index < -0.39 is 0 Å². The third kappa shape index (κ3) is 4.94. The van der Waals surface area contributed by atoms with E-state index >= 15 is 0 Å². The molecular weight excluding hydrogens is 462 g/mol. The van der Waals surface area contributed by atoms with E-state index in [4.69, 9.17) is 14.5 Å². The average Bonchev–Trinajstić information content (AvgIpc) is 3.55. The van der Waals surface area contributed by atoms with Gasteiger partial charge in [-0.25, -0.2) is 9.67 Å². The molecule has 35 heavy (non-hydrogen) atoms. The van der Waals surface area contributed by atoms with Crippen molar-refractivity contribution in [2.45, 2.75) is 32.4 Å². The Morgan fingerprint density at radius 1 is 1.00 bits per heavy atom. The summed E-state index contributed by atoms with van der Waals surface area (Å²) in [6, 6.07) is 14.5. The molecule has 5 rings (SSSR count). The number of rotatable bonds is 9. The highest BCUT2D eigenvalue weighted by Gasteiger charge is 2.28. The number of benzene rings is 2. The summed E-state index contributed by atoms with van der Waals surface area (Å²) < 4.78 is 14.0. The molecule has 0 radical (unpaired) electrons. The molecule has 0 spiro atoms. The summed E-state index contributed by atoms with van der Waals surface area (Å²) in [6.07, 6.45) is 1.76. The summed E-state index contributed by atoms with van der Waals surface area (Å²) in [5, 5.41) is 13.9. The SMILES string of the molecule is CCC(c1nnnn1CCc1ccc(OC)c(OC)c1)N1CCN(c2nc3ccccc3s2)CC1. The van der Waals surface area contributed by atoms with Gasteiger partial charge in [0.05, 0.1) is 30.5 Å². The van der Waals surface area contributed by atoms with Crippen LogP contribution in [0.5, 0.6) is 11.5 Å². The fourth-order valence-electron chi connectivity index (χ4n) is 4.70. The average molecular weight is 494 g/mol. The number of para-hydroxylation sites is 1. The fourth-order valence-corrected chi connectivity index (χ4v) is 5.72. The highest BCUT2D eigenvalue weighted by atomic mass is 32.1. The maximum absolute atomic E-state index is 5.44. The Kier molecular flexibility index (Phi) is 7.10. The number of methoxy groups -OCH3 is 2. The highest BCUT2D eigenvalue weighted by molar-refractivity contribution is 7.22. The number of hydrogen-bond donors (Lipinski definition) is 0. The zero-order valence-electron chi connectivity index (χ0n) is 20.4. The number of hydrogen-bond acceptors (Lipinski definition) is 9. The van der Waals surface area contributed by atoms with Gasteiger partial charge in [0.2, 0.25) is 0 Å². The molecule has 1 saturated heterocycles. The van der Waals surface area contributed by atoms with Gasteiger partial charge >= 0.3 is 0 Å². The Morgan fingerprint density at radius 3 is 2.54 bits per heavy atom. The summed E-state index contributed by atoms with van der Waals surface area (Å²) >= 11 is 1.77. The molecule has 1 unspecified atom stereocenters. The second-order valence-electron chi connectivity index (χ2n) is 8.61. The van der Waals surface area contributed by atoms with Crippen LogP contribution in [0, 0.1) is 0 Å². The minimum Gasteiger partial charge on any atom is -0.493 e. The lowest BCUT2D eigenvalue weighted by Crippen LogP contribution is -2.48. The van der Waals surface area contributed by atoms with Gasteiger partial charge in [-0.15, -0.1) is 5.10 Å². The van der Waals surface area contributed by atoms with Crippen molar-refractivity contribution < 1.29 is 9.47 Å². The smallest absolute Gasteiger partial charge is 0.186 e. The van der Waals surface area contributed by atoms with E-state index in [0.717, 1.165) is 72.6 Å². The number of ether oxygens (including phenoxy) is 2. The Balaban J connectivity index is 1.24. The van der Waals surface area contributed by atoms with Crippen LogP contribution in [0.4, 0.5) is 5.13 Å². The van der Waals surface area contributed by atoms with Gasteiger partial charge in [0.1, 0.15) is 0 Å². The topological polar surface area (TPSA) is 81.4 Å². The second kappa shape index (κ2) is 10.6. The largest absolute Gasteiger partial charge is 0.493 e. The first-order valence-corrected chi connectivity index (χ1v) is 12.8. The molecule has 1 fully saturated rings. The standard InChI is InChI=1S/C25H31N7O2S/c1-4-20(30-13-15-31(16-14-30)25-26-19-7-5-6-8-23(19)35-25)24-27-28-29-32(24)12-11-18-9-10-21(33-2)22(17-18)34-3/h5-10,17,20H,4,11-16H2,1-3H3. The lowest BCUT2D eigenvalue weighted by atomic mass is 10.1. The van der Waals surface area contributed by atoms with E-state index in [-0.39, 0.29) is 6.04 Å². The molecule has 0 saturated carbocycles. The molecular formula is C25H31N7O2S. The van der Waals surface area contributed by atoms with E-state index in [1.807, 2.05) is 22.9 Å². The normalized spacial score (nSPS) is 15.5. The lowest BCUT2D eigenvalue weighted by molar-refractivity contribution is 0.169. The van der Waals surface area contributed by atoms with Crippen LogP contribution in [0.15, 0.2) is 42.5 Å². The van der Waals surface area contributed by atoms with E-state index in [0.29, 0.717) is 6.54 Å². The Morgan fingerprint density at radius 2 is 1.80 bits per heavy atom. The number of aromatic nitrogens is 5. The van der Waals surface area contributed by atoms with Crippen molar-refractivity contribution in [3.8, 4) is 11.5 Å². The van der Waals surface area contributed by atoms with Gasteiger partial charge in [0.15, 0.2) is 22.5 Å². The zero-order valence-corrected chi connectivity index (χ0v) is 21.2. The molecule has 184 valence electrons. The highest BCUT2D eigenvalue weighted by Crippen LogP contribution is 2.31. The minimum atomic E-state index is 0.188. The van der Waals surface area contributed by atoms with Gasteiger partial charge in [-0.3, -0.25) is 4.90 Å². The molecule has 1 aliphatic heterocycles. The van der Waals surface area contributed by atoms with Crippen molar-refractivity contribution in [2.24, 2.45) is 0 Å². The third-order valence-corrected chi connectivity index (χ3v) is 7.71. The van der Waals surface area contributed by atoms with Crippen LogP contribution in [-0.4, -0.2) is 70.5 Å². The van der Waals surface area contributed by atoms with Gasteiger partial charge in [-0.2, -0.15) is 0 Å². The quantitative estimate of drug-likeness (QED) is 0.348. The number of tetrazole rings is 1. The Bertz CT molecular complexity index is 1230. The van der Waals surface area contributed by atoms with Gasteiger partial charge in [0.25, 0.3) is 0 Å². The molecule has 4 aromatic rings. The monoisotopic (exact) mass is 493 g/mol. The van der Waals surface area contributed by atoms with Crippen molar-refractivity contribution >= 4 is 26.7 Å². The summed E-state index contributed by atoms with van der Waals surface area (Å²) in [5.41, 5.74) is 2.23. The Labute approximate surface area is 209 Å². The number of aryl methyl sites for hydroxylation is 2. The van der Waals surface area contributed by atoms with Gasteiger partial charge in [-0.05, 0) is 53.1 Å². The molecule has 1 aliphatic rings. The minimum absolute atomic E-state index is 0.188. The van der Waals surface area contributed by atoms with Crippen LogP contribution in [0.1, 0.15) is 30.8 Å². The van der Waals surface area contributed by atoms with Crippen molar-refractivity contribution in [3.63, 3.8) is 0 Å². The van der Waals surface area contributed by atoms with Crippen molar-refractivity contribution in [2.75, 3.05) is 45.3 Å². The first-order valence-electron chi connectivity index (χ1n) is 12.0. The van der Waals surface area contributed by atoms with Crippen molar-refractivity contribution in [1.29, 1.82) is 0 Å². The number of piperazine rings is 1. The molecule has 0 N–H and O–H groups in total. The third-order valence-electron chi connectivity index (χ3n) is 6.61. The molecule has 1 atom stereocenters. The molecule has 0 amide bonds. The van der Waals surface area contributed by atoms with Crippen LogP contribution >= 0.6 is 11.3 Å². The second-order valence-corrected chi connectivity index (χ2v) is 9.62. The van der Waals surface area contributed by atoms with Crippen LogP contribution in [-0.2, 0) is 13.0 Å². The Hall–Kier alpha value is -3.24. The first kappa shape index (κ1) is 23.5. The number of nitrogens with zero attached hydrogens (tertiary/aromatic N) is 7. The van der Waals surface area contributed by atoms with Crippen LogP contribution < -0.4 is 14.4 Å². The maximum atomic E-state index is 5.44. The number of thiazole rings is 1. The molecule has 3 heterocycles. The molecule has 0 bridgehead atoms. The van der Waals surface area contributed by atoms with E-state index in [1.165, 1.54) is 4.70 Å². The lowest BCUT2D eigenvalue weighted by Gasteiger charge is -2.38. The van der Waals surface area contributed by atoms with Gasteiger partial charge < -0.3 is 14.4 Å². The molecule has 2 aromatic heterocycles. The molecule has 9 nitrogen and oxygen atoms in total. The van der Waals surface area contributed by atoms with Crippen molar-refractivity contribution in [3.05, 3.63) is 53.9 Å². The van der Waals surface area contributed by atoms with Crippen molar-refractivity contribution in [1.82, 2.24) is 30.1 Å². The predicted molar refractivity (Wildman–Crippen MR) is 138 cm³/mol. The van der Waals surface area contributed by atoms with Crippen LogP contribution in [0.25, 0.3) is 10.2 Å². The zero-order chi connectivity index (χ0) is 24.2. The molecule has 10 heteroatoms. The van der Waals surface area contributed by atoms with Crippen LogP contribution in [0.3, 0.4) is 0 Å². The number of anilines is 1. The fraction of sp³-hybridized carbons (Fsp3) is 0.440. The van der Waals surface area contributed by atoms with Crippen LogP contribution in [0.2, 0.25) is 0 Å². The maximum Gasteiger partial charge on any atom is 0.186 e. The van der Waals surface area contributed by atoms with Gasteiger partial charge in [-0.1, -0.05) is 36.5 Å². The predicted octanol–water partition coefficient (Wildman–Crippen LogP) is 3.82. The molecule has 0 aliphatic carbocycles. The van der Waals surface area contributed by atoms with E-state index in [9.17, 15) is 0 Å². The summed E-state index contributed by atoms with van der Waals surface area (Å²) in [4.78, 5) is 9.74.